The molecule has 1 aliphatic rings. The first-order chi connectivity index (χ1) is 7.16. The zero-order chi connectivity index (χ0) is 10.8. The lowest BCUT2D eigenvalue weighted by molar-refractivity contribution is -0.124. The van der Waals surface area contributed by atoms with Gasteiger partial charge in [-0.25, -0.2) is 0 Å². The molecule has 1 N–H and O–H groups in total. The third kappa shape index (κ3) is 2.40. The molecule has 0 radical (unpaired) electrons. The molecule has 0 aromatic heterocycles. The van der Waals surface area contributed by atoms with Crippen LogP contribution in [0.5, 0.6) is 0 Å². The van der Waals surface area contributed by atoms with Crippen molar-refractivity contribution in [3.63, 3.8) is 0 Å². The van der Waals surface area contributed by atoms with E-state index in [2.05, 4.69) is 28.2 Å². The Hall–Kier alpha value is -0.830. The minimum absolute atomic E-state index is 0.163. The van der Waals surface area contributed by atoms with E-state index < -0.39 is 0 Å². The average molecular weight is 268 g/mol. The van der Waals surface area contributed by atoms with Gasteiger partial charge in [0.25, 0.3) is 0 Å². The topological polar surface area (TPSA) is 29.1 Å². The van der Waals surface area contributed by atoms with Crippen LogP contribution in [0, 0.1) is 11.8 Å². The molecule has 80 valence electrons. The Balaban J connectivity index is 1.96. The van der Waals surface area contributed by atoms with Crippen molar-refractivity contribution in [2.45, 2.75) is 19.8 Å². The summed E-state index contributed by atoms with van der Waals surface area (Å²) in [6, 6.07) is 7.68. The first-order valence-electron chi connectivity index (χ1n) is 5.23. The summed E-state index contributed by atoms with van der Waals surface area (Å²) in [7, 11) is 0. The maximum atomic E-state index is 11.8. The fourth-order valence-electron chi connectivity index (χ4n) is 1.82. The molecule has 2 nitrogen and oxygen atoms in total. The van der Waals surface area contributed by atoms with Gasteiger partial charge in [-0.2, -0.15) is 0 Å². The third-order valence-electron chi connectivity index (χ3n) is 3.07. The number of hydrogen-bond acceptors (Lipinski definition) is 1. The number of anilines is 1. The minimum atomic E-state index is 0.163. The molecule has 2 rings (SSSR count). The Morgan fingerprint density at radius 1 is 1.33 bits per heavy atom. The molecule has 3 heteroatoms. The van der Waals surface area contributed by atoms with E-state index in [4.69, 9.17) is 0 Å². The maximum Gasteiger partial charge on any atom is 0.227 e. The molecule has 0 bridgehead atoms. The van der Waals surface area contributed by atoms with E-state index >= 15 is 0 Å². The summed E-state index contributed by atoms with van der Waals surface area (Å²) in [6.07, 6.45) is 2.21. The van der Waals surface area contributed by atoms with Gasteiger partial charge in [-0.05, 0) is 43.0 Å². The van der Waals surface area contributed by atoms with Gasteiger partial charge in [0.2, 0.25) is 5.91 Å². The van der Waals surface area contributed by atoms with Crippen LogP contribution in [0.25, 0.3) is 0 Å². The molecule has 0 spiro atoms. The lowest BCUT2D eigenvalue weighted by atomic mass is 9.74. The smallest absolute Gasteiger partial charge is 0.227 e. The van der Waals surface area contributed by atoms with Crippen molar-refractivity contribution in [1.29, 1.82) is 0 Å². The summed E-state index contributed by atoms with van der Waals surface area (Å²) in [5.74, 6) is 0.921. The van der Waals surface area contributed by atoms with E-state index in [0.29, 0.717) is 5.92 Å². The van der Waals surface area contributed by atoms with Crippen LogP contribution in [-0.4, -0.2) is 5.91 Å². The highest BCUT2D eigenvalue weighted by Gasteiger charge is 2.32. The van der Waals surface area contributed by atoms with E-state index in [1.165, 1.54) is 6.42 Å². The van der Waals surface area contributed by atoms with E-state index in [1.807, 2.05) is 24.3 Å². The Bertz CT molecular complexity index is 360. The number of amides is 1. The van der Waals surface area contributed by atoms with Crippen molar-refractivity contribution in [2.24, 2.45) is 11.8 Å². The molecule has 0 aliphatic heterocycles. The largest absolute Gasteiger partial charge is 0.326 e. The molecule has 1 amide bonds. The van der Waals surface area contributed by atoms with Crippen LogP contribution in [0.4, 0.5) is 5.69 Å². The number of hydrogen-bond donors (Lipinski definition) is 1. The normalized spacial score (nSPS) is 24.4. The van der Waals surface area contributed by atoms with Gasteiger partial charge in [0.05, 0.1) is 0 Å². The summed E-state index contributed by atoms with van der Waals surface area (Å²) in [5, 5.41) is 2.94. The quantitative estimate of drug-likeness (QED) is 0.874. The average Bonchev–Trinajstić information content (AvgIpc) is 2.19. The Morgan fingerprint density at radius 2 is 2.00 bits per heavy atom. The second-order valence-electron chi connectivity index (χ2n) is 4.16. The number of nitrogens with one attached hydrogen (secondary N) is 1. The van der Waals surface area contributed by atoms with Crippen LogP contribution in [-0.2, 0) is 4.79 Å². The molecule has 1 aliphatic carbocycles. The molecule has 0 saturated heterocycles. The summed E-state index contributed by atoms with van der Waals surface area (Å²) >= 11 is 3.36. The number of rotatable bonds is 2. The molecule has 2 atom stereocenters. The minimum Gasteiger partial charge on any atom is -0.326 e. The monoisotopic (exact) mass is 267 g/mol. The first-order valence-corrected chi connectivity index (χ1v) is 6.02. The van der Waals surface area contributed by atoms with E-state index in [0.717, 1.165) is 16.6 Å². The second-order valence-corrected chi connectivity index (χ2v) is 5.07. The van der Waals surface area contributed by atoms with Gasteiger partial charge >= 0.3 is 0 Å². The van der Waals surface area contributed by atoms with Crippen molar-refractivity contribution >= 4 is 27.5 Å². The first kappa shape index (κ1) is 10.7. The van der Waals surface area contributed by atoms with Gasteiger partial charge in [0.1, 0.15) is 0 Å². The molecule has 1 aromatic carbocycles. The molecular formula is C12H14BrNO. The van der Waals surface area contributed by atoms with Crippen molar-refractivity contribution < 1.29 is 4.79 Å². The van der Waals surface area contributed by atoms with Crippen LogP contribution >= 0.6 is 15.9 Å². The van der Waals surface area contributed by atoms with Crippen LogP contribution < -0.4 is 5.32 Å². The van der Waals surface area contributed by atoms with Crippen molar-refractivity contribution in [1.82, 2.24) is 0 Å². The molecule has 1 aromatic rings. The summed E-state index contributed by atoms with van der Waals surface area (Å²) in [6.45, 7) is 2.13. The number of carbonyl (C=O) groups is 1. The van der Waals surface area contributed by atoms with Crippen LogP contribution in [0.3, 0.4) is 0 Å². The molecule has 2 unspecified atom stereocenters. The zero-order valence-corrected chi connectivity index (χ0v) is 10.3. The Morgan fingerprint density at radius 3 is 2.47 bits per heavy atom. The standard InChI is InChI=1S/C12H14BrNO/c1-8-2-7-11(8)12(15)14-10-5-3-9(13)4-6-10/h3-6,8,11H,2,7H2,1H3,(H,14,15). The van der Waals surface area contributed by atoms with E-state index in [1.54, 1.807) is 0 Å². The fourth-order valence-corrected chi connectivity index (χ4v) is 2.09. The lowest BCUT2D eigenvalue weighted by Crippen LogP contribution is -2.35. The highest BCUT2D eigenvalue weighted by Crippen LogP contribution is 2.34. The fraction of sp³-hybridized carbons (Fsp3) is 0.417. The van der Waals surface area contributed by atoms with Gasteiger partial charge in [0.15, 0.2) is 0 Å². The number of halogens is 1. The Kier molecular flexibility index (Phi) is 3.10. The highest BCUT2D eigenvalue weighted by atomic mass is 79.9. The molecule has 1 saturated carbocycles. The van der Waals surface area contributed by atoms with Gasteiger partial charge in [-0.3, -0.25) is 4.79 Å². The van der Waals surface area contributed by atoms with E-state index in [-0.39, 0.29) is 11.8 Å². The number of benzene rings is 1. The second kappa shape index (κ2) is 4.35. The SMILES string of the molecule is CC1CCC1C(=O)Nc1ccc(Br)cc1. The van der Waals surface area contributed by atoms with Crippen molar-refractivity contribution in [3.05, 3.63) is 28.7 Å². The summed E-state index contributed by atoms with van der Waals surface area (Å²) < 4.78 is 1.03. The van der Waals surface area contributed by atoms with Gasteiger partial charge in [-0.15, -0.1) is 0 Å². The Labute approximate surface area is 98.2 Å². The van der Waals surface area contributed by atoms with Crippen molar-refractivity contribution in [3.8, 4) is 0 Å². The zero-order valence-electron chi connectivity index (χ0n) is 8.66. The lowest BCUT2D eigenvalue weighted by Gasteiger charge is -2.32. The number of carbonyl (C=O) groups excluding carboxylic acids is 1. The molecule has 15 heavy (non-hydrogen) atoms. The van der Waals surface area contributed by atoms with Crippen LogP contribution in [0.2, 0.25) is 0 Å². The van der Waals surface area contributed by atoms with Gasteiger partial charge in [-0.1, -0.05) is 22.9 Å². The van der Waals surface area contributed by atoms with Gasteiger partial charge < -0.3 is 5.32 Å². The maximum absolute atomic E-state index is 11.8. The van der Waals surface area contributed by atoms with E-state index in [9.17, 15) is 4.79 Å². The highest BCUT2D eigenvalue weighted by molar-refractivity contribution is 9.10. The van der Waals surface area contributed by atoms with Crippen molar-refractivity contribution in [2.75, 3.05) is 5.32 Å². The molecule has 0 heterocycles. The van der Waals surface area contributed by atoms with Crippen LogP contribution in [0.15, 0.2) is 28.7 Å². The third-order valence-corrected chi connectivity index (χ3v) is 3.60. The van der Waals surface area contributed by atoms with Gasteiger partial charge in [0, 0.05) is 16.1 Å². The molecule has 1 fully saturated rings. The summed E-state index contributed by atoms with van der Waals surface area (Å²) in [5.41, 5.74) is 0.877. The predicted molar refractivity (Wildman–Crippen MR) is 64.7 cm³/mol. The van der Waals surface area contributed by atoms with Crippen LogP contribution in [0.1, 0.15) is 19.8 Å². The predicted octanol–water partition coefficient (Wildman–Crippen LogP) is 3.43. The summed E-state index contributed by atoms with van der Waals surface area (Å²) in [4.78, 5) is 11.8. The molecular weight excluding hydrogens is 254 g/mol.